The first-order valence-electron chi connectivity index (χ1n) is 9.70. The highest BCUT2D eigenvalue weighted by Crippen LogP contribution is 2.34. The van der Waals surface area contributed by atoms with Crippen molar-refractivity contribution in [1.29, 1.82) is 0 Å². The zero-order valence-electron chi connectivity index (χ0n) is 15.8. The average Bonchev–Trinajstić information content (AvgIpc) is 2.69. The monoisotopic (exact) mass is 351 g/mol. The van der Waals surface area contributed by atoms with Crippen LogP contribution < -0.4 is 4.90 Å². The van der Waals surface area contributed by atoms with Crippen LogP contribution in [-0.2, 0) is 11.3 Å². The Labute approximate surface area is 157 Å². The molecule has 0 radical (unpaired) electrons. The summed E-state index contributed by atoms with van der Waals surface area (Å²) in [5.74, 6) is 1.48. The molecule has 0 unspecified atom stereocenters. The number of anilines is 1. The fourth-order valence-corrected chi connectivity index (χ4v) is 3.87. The molecule has 1 saturated carbocycles. The highest BCUT2D eigenvalue weighted by Gasteiger charge is 2.31. The summed E-state index contributed by atoms with van der Waals surface area (Å²) < 4.78 is 5.66. The molecule has 1 amide bonds. The SMILES string of the molecule is CC(C)C1CCC(N(C(=O)OCc2ccccc2)c2ccccc2)CC1. The van der Waals surface area contributed by atoms with Crippen LogP contribution >= 0.6 is 0 Å². The molecule has 0 heterocycles. The molecule has 3 heteroatoms. The van der Waals surface area contributed by atoms with Crippen LogP contribution in [0, 0.1) is 11.8 Å². The molecule has 1 fully saturated rings. The van der Waals surface area contributed by atoms with E-state index in [-0.39, 0.29) is 12.1 Å². The summed E-state index contributed by atoms with van der Waals surface area (Å²) in [5, 5.41) is 0. The normalized spacial score (nSPS) is 20.0. The number of carbonyl (C=O) groups is 1. The van der Waals surface area contributed by atoms with E-state index in [2.05, 4.69) is 13.8 Å². The lowest BCUT2D eigenvalue weighted by atomic mass is 9.79. The number of amides is 1. The van der Waals surface area contributed by atoms with Crippen LogP contribution in [0.5, 0.6) is 0 Å². The van der Waals surface area contributed by atoms with E-state index in [9.17, 15) is 4.79 Å². The van der Waals surface area contributed by atoms with Gasteiger partial charge in [0, 0.05) is 11.7 Å². The molecule has 0 N–H and O–H groups in total. The second-order valence-electron chi connectivity index (χ2n) is 7.56. The number of para-hydroxylation sites is 1. The molecule has 138 valence electrons. The van der Waals surface area contributed by atoms with Crippen LogP contribution in [0.15, 0.2) is 60.7 Å². The summed E-state index contributed by atoms with van der Waals surface area (Å²) in [4.78, 5) is 14.8. The van der Waals surface area contributed by atoms with Gasteiger partial charge in [-0.15, -0.1) is 0 Å². The van der Waals surface area contributed by atoms with E-state index in [1.165, 1.54) is 12.8 Å². The topological polar surface area (TPSA) is 29.5 Å². The van der Waals surface area contributed by atoms with E-state index in [1.807, 2.05) is 65.6 Å². The maximum absolute atomic E-state index is 12.9. The molecule has 1 aliphatic carbocycles. The number of nitrogens with zero attached hydrogens (tertiary/aromatic N) is 1. The van der Waals surface area contributed by atoms with Crippen LogP contribution in [0.2, 0.25) is 0 Å². The number of ether oxygens (including phenoxy) is 1. The van der Waals surface area contributed by atoms with Crippen molar-refractivity contribution in [2.24, 2.45) is 11.8 Å². The molecule has 0 spiro atoms. The van der Waals surface area contributed by atoms with E-state index in [4.69, 9.17) is 4.74 Å². The third kappa shape index (κ3) is 4.66. The van der Waals surface area contributed by atoms with E-state index >= 15 is 0 Å². The molecule has 0 bridgehead atoms. The Morgan fingerprint density at radius 1 is 0.962 bits per heavy atom. The largest absolute Gasteiger partial charge is 0.444 e. The Hall–Kier alpha value is -2.29. The second-order valence-corrected chi connectivity index (χ2v) is 7.56. The molecule has 3 rings (SSSR count). The van der Waals surface area contributed by atoms with Crippen molar-refractivity contribution in [1.82, 2.24) is 0 Å². The Balaban J connectivity index is 1.71. The van der Waals surface area contributed by atoms with Gasteiger partial charge in [0.15, 0.2) is 0 Å². The van der Waals surface area contributed by atoms with Crippen molar-refractivity contribution in [3.8, 4) is 0 Å². The molecule has 0 saturated heterocycles. The van der Waals surface area contributed by atoms with Crippen LogP contribution in [0.1, 0.15) is 45.1 Å². The van der Waals surface area contributed by atoms with Gasteiger partial charge in [-0.3, -0.25) is 4.90 Å². The Morgan fingerprint density at radius 3 is 2.12 bits per heavy atom. The van der Waals surface area contributed by atoms with Gasteiger partial charge in [0.2, 0.25) is 0 Å². The van der Waals surface area contributed by atoms with Gasteiger partial charge in [-0.25, -0.2) is 4.79 Å². The predicted octanol–water partition coefficient (Wildman–Crippen LogP) is 6.04. The first kappa shape index (κ1) is 18.5. The summed E-state index contributed by atoms with van der Waals surface area (Å²) in [6.45, 7) is 4.91. The van der Waals surface area contributed by atoms with Crippen LogP contribution in [0.3, 0.4) is 0 Å². The summed E-state index contributed by atoms with van der Waals surface area (Å²) in [6, 6.07) is 20.0. The van der Waals surface area contributed by atoms with Gasteiger partial charge in [-0.05, 0) is 55.2 Å². The smallest absolute Gasteiger partial charge is 0.414 e. The van der Waals surface area contributed by atoms with Crippen LogP contribution in [-0.4, -0.2) is 12.1 Å². The summed E-state index contributed by atoms with van der Waals surface area (Å²) in [6.07, 6.45) is 4.19. The van der Waals surface area contributed by atoms with Gasteiger partial charge in [0.25, 0.3) is 0 Å². The van der Waals surface area contributed by atoms with E-state index in [0.717, 1.165) is 30.0 Å². The van der Waals surface area contributed by atoms with Crippen molar-refractivity contribution in [3.05, 3.63) is 66.2 Å². The van der Waals surface area contributed by atoms with Gasteiger partial charge in [0.05, 0.1) is 0 Å². The lowest BCUT2D eigenvalue weighted by Crippen LogP contribution is -2.43. The zero-order valence-corrected chi connectivity index (χ0v) is 15.8. The van der Waals surface area contributed by atoms with Crippen molar-refractivity contribution < 1.29 is 9.53 Å². The van der Waals surface area contributed by atoms with Crippen LogP contribution in [0.4, 0.5) is 10.5 Å². The first-order chi connectivity index (χ1) is 12.6. The maximum atomic E-state index is 12.9. The molecule has 0 atom stereocenters. The minimum Gasteiger partial charge on any atom is -0.444 e. The minimum atomic E-state index is -0.243. The van der Waals surface area contributed by atoms with Crippen molar-refractivity contribution in [2.45, 2.75) is 52.2 Å². The van der Waals surface area contributed by atoms with Crippen LogP contribution in [0.25, 0.3) is 0 Å². The first-order valence-corrected chi connectivity index (χ1v) is 9.70. The molecular formula is C23H29NO2. The average molecular weight is 351 g/mol. The lowest BCUT2D eigenvalue weighted by Gasteiger charge is -2.37. The fraction of sp³-hybridized carbons (Fsp3) is 0.435. The molecule has 0 aliphatic heterocycles. The molecule has 3 nitrogen and oxygen atoms in total. The summed E-state index contributed by atoms with van der Waals surface area (Å²) in [5.41, 5.74) is 1.94. The Morgan fingerprint density at radius 2 is 1.54 bits per heavy atom. The van der Waals surface area contributed by atoms with E-state index in [1.54, 1.807) is 0 Å². The number of rotatable bonds is 5. The molecular weight excluding hydrogens is 322 g/mol. The lowest BCUT2D eigenvalue weighted by molar-refractivity contribution is 0.140. The van der Waals surface area contributed by atoms with Gasteiger partial charge in [-0.1, -0.05) is 62.4 Å². The van der Waals surface area contributed by atoms with Crippen molar-refractivity contribution >= 4 is 11.8 Å². The molecule has 2 aromatic carbocycles. The third-order valence-electron chi connectivity index (χ3n) is 5.49. The third-order valence-corrected chi connectivity index (χ3v) is 5.49. The summed E-state index contributed by atoms with van der Waals surface area (Å²) in [7, 11) is 0. The highest BCUT2D eigenvalue weighted by molar-refractivity contribution is 5.88. The molecule has 26 heavy (non-hydrogen) atoms. The number of hydrogen-bond donors (Lipinski definition) is 0. The van der Waals surface area contributed by atoms with E-state index in [0.29, 0.717) is 12.5 Å². The number of carbonyl (C=O) groups excluding carboxylic acids is 1. The quantitative estimate of drug-likeness (QED) is 0.657. The Bertz CT molecular complexity index is 676. The van der Waals surface area contributed by atoms with Gasteiger partial charge in [0.1, 0.15) is 6.61 Å². The van der Waals surface area contributed by atoms with Gasteiger partial charge in [-0.2, -0.15) is 0 Å². The predicted molar refractivity (Wildman–Crippen MR) is 106 cm³/mol. The fourth-order valence-electron chi connectivity index (χ4n) is 3.87. The molecule has 1 aliphatic rings. The van der Waals surface area contributed by atoms with Gasteiger partial charge >= 0.3 is 6.09 Å². The standard InChI is InChI=1S/C23H29NO2/c1-18(2)20-13-15-22(16-14-20)24(21-11-7-4-8-12-21)23(25)26-17-19-9-5-3-6-10-19/h3-12,18,20,22H,13-17H2,1-2H3. The zero-order chi connectivity index (χ0) is 18.4. The summed E-state index contributed by atoms with van der Waals surface area (Å²) >= 11 is 0. The van der Waals surface area contributed by atoms with Crippen molar-refractivity contribution in [3.63, 3.8) is 0 Å². The van der Waals surface area contributed by atoms with E-state index < -0.39 is 0 Å². The maximum Gasteiger partial charge on any atom is 0.414 e. The van der Waals surface area contributed by atoms with Crippen molar-refractivity contribution in [2.75, 3.05) is 4.90 Å². The number of benzene rings is 2. The highest BCUT2D eigenvalue weighted by atomic mass is 16.6. The Kier molecular flexibility index (Phi) is 6.32. The van der Waals surface area contributed by atoms with Gasteiger partial charge < -0.3 is 4.74 Å². The molecule has 2 aromatic rings. The minimum absolute atomic E-state index is 0.218. The molecule has 0 aromatic heterocycles. The second kappa shape index (κ2) is 8.88. The number of hydrogen-bond acceptors (Lipinski definition) is 2.